The molecule has 1 aromatic heterocycles. The van der Waals surface area contributed by atoms with E-state index in [-0.39, 0.29) is 0 Å². The molecule has 0 bridgehead atoms. The third kappa shape index (κ3) is 3.03. The molecule has 5 rings (SSSR count). The van der Waals surface area contributed by atoms with Crippen LogP contribution in [0.4, 0.5) is 0 Å². The number of fused-ring (bicyclic) bond motifs is 4. The molecule has 2 fully saturated rings. The summed E-state index contributed by atoms with van der Waals surface area (Å²) in [6.07, 6.45) is 6.74. The lowest BCUT2D eigenvalue weighted by Gasteiger charge is -2.40. The number of rotatable bonds is 2. The van der Waals surface area contributed by atoms with Gasteiger partial charge >= 0.3 is 0 Å². The zero-order chi connectivity index (χ0) is 20.0. The molecule has 2 saturated heterocycles. The van der Waals surface area contributed by atoms with E-state index in [1.54, 1.807) is 0 Å². The van der Waals surface area contributed by atoms with Crippen LogP contribution < -0.4 is 0 Å². The lowest BCUT2D eigenvalue weighted by molar-refractivity contribution is 0.144. The molecule has 7 nitrogen and oxygen atoms in total. The second-order valence-electron chi connectivity index (χ2n) is 8.45. The van der Waals surface area contributed by atoms with Crippen molar-refractivity contribution >= 4 is 5.70 Å². The largest absolute Gasteiger partial charge is 0.366 e. The van der Waals surface area contributed by atoms with Crippen molar-refractivity contribution in [3.63, 3.8) is 0 Å². The van der Waals surface area contributed by atoms with Crippen molar-refractivity contribution in [3.05, 3.63) is 40.7 Å². The third-order valence-corrected chi connectivity index (χ3v) is 6.77. The molecule has 0 amide bonds. The molecular weight excluding hydrogens is 362 g/mol. The van der Waals surface area contributed by atoms with Gasteiger partial charge in [-0.05, 0) is 71.8 Å². The molecule has 29 heavy (non-hydrogen) atoms. The maximum Gasteiger partial charge on any atom is 0.202 e. The van der Waals surface area contributed by atoms with Crippen LogP contribution in [0, 0.1) is 11.3 Å². The number of allylic oxidation sites excluding steroid dienone is 1. The molecule has 3 aliphatic heterocycles. The average molecular weight is 390 g/mol. The first-order chi connectivity index (χ1) is 14.2. The van der Waals surface area contributed by atoms with Crippen molar-refractivity contribution in [2.75, 3.05) is 26.2 Å². The first kappa shape index (κ1) is 18.3. The Morgan fingerprint density at radius 2 is 2.14 bits per heavy atom. The van der Waals surface area contributed by atoms with E-state index in [9.17, 15) is 5.26 Å². The van der Waals surface area contributed by atoms with E-state index < -0.39 is 0 Å². The smallest absolute Gasteiger partial charge is 0.202 e. The van der Waals surface area contributed by atoms with Gasteiger partial charge in [-0.15, -0.1) is 5.10 Å². The lowest BCUT2D eigenvalue weighted by Crippen LogP contribution is -2.49. The zero-order valence-corrected chi connectivity index (χ0v) is 17.2. The van der Waals surface area contributed by atoms with Crippen molar-refractivity contribution in [2.45, 2.75) is 51.5 Å². The van der Waals surface area contributed by atoms with Crippen LogP contribution in [0.15, 0.2) is 18.2 Å². The summed E-state index contributed by atoms with van der Waals surface area (Å²) >= 11 is 0. The SMILES string of the molecule is CCc1cc(C#N)cc2c1C(C)CC=C(N1CCN3CCCC3C1)c1nnnn1-2. The summed E-state index contributed by atoms with van der Waals surface area (Å²) < 4.78 is 1.86. The van der Waals surface area contributed by atoms with Gasteiger partial charge in [-0.1, -0.05) is 19.9 Å². The fourth-order valence-corrected chi connectivity index (χ4v) is 5.28. The molecule has 2 atom stereocenters. The molecule has 0 N–H and O–H groups in total. The number of nitriles is 1. The van der Waals surface area contributed by atoms with E-state index in [1.165, 1.54) is 30.5 Å². The number of aryl methyl sites for hydroxylation is 1. The van der Waals surface area contributed by atoms with Crippen LogP contribution in [0.25, 0.3) is 11.4 Å². The fourth-order valence-electron chi connectivity index (χ4n) is 5.28. The summed E-state index contributed by atoms with van der Waals surface area (Å²) in [5, 5.41) is 22.4. The Labute approximate surface area is 171 Å². The molecule has 2 aromatic rings. The summed E-state index contributed by atoms with van der Waals surface area (Å²) in [5.74, 6) is 1.13. The maximum absolute atomic E-state index is 9.56. The van der Waals surface area contributed by atoms with Gasteiger partial charge in [-0.25, -0.2) is 0 Å². The van der Waals surface area contributed by atoms with Crippen LogP contribution in [0.1, 0.15) is 61.5 Å². The Bertz CT molecular complexity index is 999. The minimum absolute atomic E-state index is 0.341. The number of hydrogen-bond donors (Lipinski definition) is 0. The normalized spacial score (nSPS) is 24.0. The van der Waals surface area contributed by atoms with Crippen LogP contribution in [0.3, 0.4) is 0 Å². The van der Waals surface area contributed by atoms with Gasteiger partial charge in [0, 0.05) is 25.7 Å². The number of hydrogen-bond acceptors (Lipinski definition) is 6. The zero-order valence-electron chi connectivity index (χ0n) is 17.2. The fraction of sp³-hybridized carbons (Fsp3) is 0.545. The van der Waals surface area contributed by atoms with E-state index in [1.807, 2.05) is 16.8 Å². The Kier molecular flexibility index (Phi) is 4.59. The molecule has 2 unspecified atom stereocenters. The van der Waals surface area contributed by atoms with Crippen molar-refractivity contribution in [1.82, 2.24) is 30.0 Å². The number of piperazine rings is 1. The maximum atomic E-state index is 9.56. The Hall–Kier alpha value is -2.72. The van der Waals surface area contributed by atoms with Gasteiger partial charge < -0.3 is 4.90 Å². The molecule has 7 heteroatoms. The molecule has 3 aliphatic rings. The van der Waals surface area contributed by atoms with Crippen molar-refractivity contribution in [2.24, 2.45) is 0 Å². The predicted octanol–water partition coefficient (Wildman–Crippen LogP) is 2.72. The van der Waals surface area contributed by atoms with E-state index in [0.717, 1.165) is 49.7 Å². The van der Waals surface area contributed by atoms with Gasteiger partial charge in [0.1, 0.15) is 0 Å². The lowest BCUT2D eigenvalue weighted by atomic mass is 9.87. The van der Waals surface area contributed by atoms with E-state index in [0.29, 0.717) is 17.5 Å². The first-order valence-corrected chi connectivity index (χ1v) is 10.7. The summed E-state index contributed by atoms with van der Waals surface area (Å²) in [6.45, 7) is 8.80. The quantitative estimate of drug-likeness (QED) is 0.786. The van der Waals surface area contributed by atoms with Crippen molar-refractivity contribution < 1.29 is 0 Å². The Morgan fingerprint density at radius 1 is 1.24 bits per heavy atom. The minimum Gasteiger partial charge on any atom is -0.366 e. The Balaban J connectivity index is 1.61. The van der Waals surface area contributed by atoms with E-state index >= 15 is 0 Å². The van der Waals surface area contributed by atoms with Crippen molar-refractivity contribution in [3.8, 4) is 11.8 Å². The minimum atomic E-state index is 0.341. The highest BCUT2D eigenvalue weighted by Crippen LogP contribution is 2.36. The molecule has 150 valence electrons. The van der Waals surface area contributed by atoms with E-state index in [4.69, 9.17) is 0 Å². The topological polar surface area (TPSA) is 73.9 Å². The highest BCUT2D eigenvalue weighted by molar-refractivity contribution is 5.64. The summed E-state index contributed by atoms with van der Waals surface area (Å²) in [4.78, 5) is 5.09. The standard InChI is InChI=1S/C22H27N7/c1-3-17-11-16(13-23)12-20-21(17)15(2)6-7-19(22-24-25-26-29(20)22)28-10-9-27-8-4-5-18(27)14-28/h7,11-12,15,18H,3-6,8-10,14H2,1-2H3. The van der Waals surface area contributed by atoms with Gasteiger partial charge in [0.05, 0.1) is 23.0 Å². The van der Waals surface area contributed by atoms with Crippen LogP contribution >= 0.6 is 0 Å². The number of aromatic nitrogens is 4. The number of tetrazole rings is 1. The second kappa shape index (κ2) is 7.27. The molecular formula is C22H27N7. The molecule has 1 aromatic carbocycles. The molecule has 0 spiro atoms. The highest BCUT2D eigenvalue weighted by Gasteiger charge is 2.34. The molecule has 4 heterocycles. The van der Waals surface area contributed by atoms with Gasteiger partial charge in [-0.2, -0.15) is 9.94 Å². The molecule has 0 saturated carbocycles. The van der Waals surface area contributed by atoms with E-state index in [2.05, 4.69) is 51.3 Å². The van der Waals surface area contributed by atoms with Crippen LogP contribution in [-0.4, -0.2) is 62.2 Å². The number of nitrogens with zero attached hydrogens (tertiary/aromatic N) is 7. The van der Waals surface area contributed by atoms with Gasteiger partial charge in [-0.3, -0.25) is 4.90 Å². The molecule has 0 radical (unpaired) electrons. The van der Waals surface area contributed by atoms with Gasteiger partial charge in [0.2, 0.25) is 5.82 Å². The average Bonchev–Trinajstić information content (AvgIpc) is 3.40. The first-order valence-electron chi connectivity index (χ1n) is 10.7. The summed E-state index contributed by atoms with van der Waals surface area (Å²) in [7, 11) is 0. The van der Waals surface area contributed by atoms with Gasteiger partial charge in [0.25, 0.3) is 0 Å². The summed E-state index contributed by atoms with van der Waals surface area (Å²) in [5.41, 5.74) is 5.23. The predicted molar refractivity (Wildman–Crippen MR) is 110 cm³/mol. The second-order valence-corrected chi connectivity index (χ2v) is 8.45. The number of benzene rings is 1. The highest BCUT2D eigenvalue weighted by atomic mass is 15.6. The summed E-state index contributed by atoms with van der Waals surface area (Å²) in [6, 6.07) is 6.92. The Morgan fingerprint density at radius 3 is 2.97 bits per heavy atom. The monoisotopic (exact) mass is 389 g/mol. The van der Waals surface area contributed by atoms with Crippen molar-refractivity contribution in [1.29, 1.82) is 5.26 Å². The van der Waals surface area contributed by atoms with Crippen LogP contribution in [-0.2, 0) is 6.42 Å². The molecule has 0 aliphatic carbocycles. The van der Waals surface area contributed by atoms with Gasteiger partial charge in [0.15, 0.2) is 0 Å². The third-order valence-electron chi connectivity index (χ3n) is 6.77. The van der Waals surface area contributed by atoms with Crippen LogP contribution in [0.2, 0.25) is 0 Å². The van der Waals surface area contributed by atoms with Crippen LogP contribution in [0.5, 0.6) is 0 Å².